The molecular formula is C27H34N6O3. The largest absolute Gasteiger partial charge is 0.391 e. The van der Waals surface area contributed by atoms with Crippen molar-refractivity contribution in [3.05, 3.63) is 66.4 Å². The predicted octanol–water partition coefficient (Wildman–Crippen LogP) is 2.85. The van der Waals surface area contributed by atoms with Crippen LogP contribution in [-0.2, 0) is 16.1 Å². The monoisotopic (exact) mass is 490 g/mol. The number of nitrogens with zero attached hydrogens (tertiary/aromatic N) is 4. The first kappa shape index (κ1) is 25.4. The Balaban J connectivity index is 1.57. The number of carbonyl (C=O) groups is 2. The highest BCUT2D eigenvalue weighted by atomic mass is 16.3. The van der Waals surface area contributed by atoms with Gasteiger partial charge in [0.05, 0.1) is 12.3 Å². The zero-order valence-corrected chi connectivity index (χ0v) is 21.2. The average molecular weight is 491 g/mol. The summed E-state index contributed by atoms with van der Waals surface area (Å²) in [6, 6.07) is 16.7. The number of likely N-dealkylation sites (tertiary alicyclic amines) is 1. The molecule has 1 saturated heterocycles. The molecule has 0 unspecified atom stereocenters. The van der Waals surface area contributed by atoms with Crippen LogP contribution in [0.25, 0.3) is 11.3 Å². The fraction of sp³-hybridized carbons (Fsp3) is 0.407. The Morgan fingerprint density at radius 2 is 1.89 bits per heavy atom. The number of aliphatic hydroxyl groups is 1. The van der Waals surface area contributed by atoms with Gasteiger partial charge < -0.3 is 20.6 Å². The summed E-state index contributed by atoms with van der Waals surface area (Å²) in [7, 11) is 1.53. The van der Waals surface area contributed by atoms with E-state index in [1.165, 1.54) is 17.5 Å². The third-order valence-corrected chi connectivity index (χ3v) is 6.44. The van der Waals surface area contributed by atoms with Gasteiger partial charge in [-0.15, -0.1) is 5.10 Å². The summed E-state index contributed by atoms with van der Waals surface area (Å²) in [4.78, 5) is 27.6. The molecule has 1 aliphatic rings. The molecule has 9 nitrogen and oxygen atoms in total. The molecule has 1 aromatic heterocycles. The number of nitrogens with one attached hydrogen (secondary N) is 2. The SMILES string of the molecule is CNC(=O)[C@@H]1C[C@@H](O)CN1C(=O)[C@@H](n1cc(-c2cccc(NCc3ccccc3)c2)nn1)C(C)(C)C. The van der Waals surface area contributed by atoms with Gasteiger partial charge in [-0.1, -0.05) is 68.4 Å². The van der Waals surface area contributed by atoms with Crippen molar-refractivity contribution in [1.29, 1.82) is 0 Å². The minimum atomic E-state index is -0.741. The second kappa shape index (κ2) is 10.5. The minimum Gasteiger partial charge on any atom is -0.391 e. The summed E-state index contributed by atoms with van der Waals surface area (Å²) in [5.41, 5.74) is 3.14. The van der Waals surface area contributed by atoms with E-state index in [-0.39, 0.29) is 24.8 Å². The van der Waals surface area contributed by atoms with E-state index < -0.39 is 23.6 Å². The molecule has 2 aromatic carbocycles. The third kappa shape index (κ3) is 5.57. The maximum Gasteiger partial charge on any atom is 0.248 e. The van der Waals surface area contributed by atoms with E-state index in [0.717, 1.165) is 11.3 Å². The van der Waals surface area contributed by atoms with Gasteiger partial charge >= 0.3 is 0 Å². The lowest BCUT2D eigenvalue weighted by atomic mass is 9.85. The normalized spacial score (nSPS) is 18.6. The lowest BCUT2D eigenvalue weighted by Crippen LogP contribution is -2.49. The smallest absolute Gasteiger partial charge is 0.248 e. The van der Waals surface area contributed by atoms with Crippen molar-refractivity contribution in [3.63, 3.8) is 0 Å². The van der Waals surface area contributed by atoms with Crippen LogP contribution in [0, 0.1) is 5.41 Å². The highest BCUT2D eigenvalue weighted by Crippen LogP contribution is 2.35. The number of amides is 2. The second-order valence-electron chi connectivity index (χ2n) is 10.3. The van der Waals surface area contributed by atoms with E-state index in [1.54, 1.807) is 10.9 Å². The van der Waals surface area contributed by atoms with E-state index in [0.29, 0.717) is 12.2 Å². The highest BCUT2D eigenvalue weighted by Gasteiger charge is 2.45. The van der Waals surface area contributed by atoms with Crippen molar-refractivity contribution in [1.82, 2.24) is 25.2 Å². The van der Waals surface area contributed by atoms with Gasteiger partial charge in [0.15, 0.2) is 0 Å². The zero-order valence-electron chi connectivity index (χ0n) is 21.2. The third-order valence-electron chi connectivity index (χ3n) is 6.44. The second-order valence-corrected chi connectivity index (χ2v) is 10.3. The Morgan fingerprint density at radius 3 is 2.58 bits per heavy atom. The molecule has 1 aliphatic heterocycles. The van der Waals surface area contributed by atoms with Gasteiger partial charge in [0.1, 0.15) is 17.8 Å². The number of aliphatic hydroxyl groups excluding tert-OH is 1. The van der Waals surface area contributed by atoms with Crippen LogP contribution in [0.4, 0.5) is 5.69 Å². The lowest BCUT2D eigenvalue weighted by molar-refractivity contribution is -0.144. The minimum absolute atomic E-state index is 0.111. The first-order valence-corrected chi connectivity index (χ1v) is 12.2. The number of benzene rings is 2. The fourth-order valence-corrected chi connectivity index (χ4v) is 4.63. The van der Waals surface area contributed by atoms with Gasteiger partial charge in [0.25, 0.3) is 0 Å². The van der Waals surface area contributed by atoms with Gasteiger partial charge in [-0.3, -0.25) is 9.59 Å². The number of carbonyl (C=O) groups excluding carboxylic acids is 2. The Hall–Kier alpha value is -3.72. The van der Waals surface area contributed by atoms with Crippen molar-refractivity contribution in [3.8, 4) is 11.3 Å². The van der Waals surface area contributed by atoms with Crippen molar-refractivity contribution < 1.29 is 14.7 Å². The van der Waals surface area contributed by atoms with Crippen molar-refractivity contribution in [2.24, 2.45) is 5.41 Å². The molecule has 190 valence electrons. The van der Waals surface area contributed by atoms with E-state index >= 15 is 0 Å². The van der Waals surface area contributed by atoms with Crippen LogP contribution < -0.4 is 10.6 Å². The van der Waals surface area contributed by atoms with Crippen molar-refractivity contribution >= 4 is 17.5 Å². The van der Waals surface area contributed by atoms with Crippen LogP contribution in [0.2, 0.25) is 0 Å². The summed E-state index contributed by atoms with van der Waals surface area (Å²) in [6.45, 7) is 6.66. The van der Waals surface area contributed by atoms with Crippen molar-refractivity contribution in [2.75, 3.05) is 18.9 Å². The van der Waals surface area contributed by atoms with Crippen LogP contribution in [0.1, 0.15) is 38.8 Å². The Morgan fingerprint density at radius 1 is 1.14 bits per heavy atom. The summed E-state index contributed by atoms with van der Waals surface area (Å²) in [6.07, 6.45) is 1.24. The molecule has 3 atom stereocenters. The number of hydrogen-bond donors (Lipinski definition) is 3. The lowest BCUT2D eigenvalue weighted by Gasteiger charge is -2.34. The molecule has 4 rings (SSSR count). The molecule has 0 saturated carbocycles. The summed E-state index contributed by atoms with van der Waals surface area (Å²) < 4.78 is 1.58. The van der Waals surface area contributed by atoms with Crippen LogP contribution >= 0.6 is 0 Å². The molecule has 0 bridgehead atoms. The Bertz CT molecular complexity index is 1200. The molecule has 0 aliphatic carbocycles. The van der Waals surface area contributed by atoms with Crippen LogP contribution in [0.3, 0.4) is 0 Å². The van der Waals surface area contributed by atoms with Gasteiger partial charge in [0.2, 0.25) is 11.8 Å². The molecule has 36 heavy (non-hydrogen) atoms. The highest BCUT2D eigenvalue weighted by molar-refractivity contribution is 5.90. The Kier molecular flexibility index (Phi) is 7.40. The number of rotatable bonds is 7. The van der Waals surface area contributed by atoms with Gasteiger partial charge in [0, 0.05) is 37.8 Å². The quantitative estimate of drug-likeness (QED) is 0.470. The molecule has 0 spiro atoms. The number of anilines is 1. The topological polar surface area (TPSA) is 112 Å². The Labute approximate surface area is 211 Å². The summed E-state index contributed by atoms with van der Waals surface area (Å²) >= 11 is 0. The first-order chi connectivity index (χ1) is 17.2. The molecule has 2 amide bonds. The van der Waals surface area contributed by atoms with E-state index in [4.69, 9.17) is 0 Å². The average Bonchev–Trinajstić information content (AvgIpc) is 3.49. The van der Waals surface area contributed by atoms with E-state index in [2.05, 4.69) is 33.1 Å². The first-order valence-electron chi connectivity index (χ1n) is 12.2. The van der Waals surface area contributed by atoms with Crippen LogP contribution in [0.5, 0.6) is 0 Å². The zero-order chi connectivity index (χ0) is 25.9. The maximum absolute atomic E-state index is 13.7. The molecule has 2 heterocycles. The molecule has 0 radical (unpaired) electrons. The van der Waals surface area contributed by atoms with E-state index in [9.17, 15) is 14.7 Å². The fourth-order valence-electron chi connectivity index (χ4n) is 4.63. The van der Waals surface area contributed by atoms with Crippen molar-refractivity contribution in [2.45, 2.75) is 51.9 Å². The molecule has 3 aromatic rings. The van der Waals surface area contributed by atoms with E-state index in [1.807, 2.05) is 63.2 Å². The molecule has 1 fully saturated rings. The van der Waals surface area contributed by atoms with Crippen LogP contribution in [-0.4, -0.2) is 62.6 Å². The number of aromatic nitrogens is 3. The summed E-state index contributed by atoms with van der Waals surface area (Å²) in [5, 5.41) is 24.9. The number of hydrogen-bond acceptors (Lipinski definition) is 6. The number of likely N-dealkylation sites (N-methyl/N-ethyl adjacent to an activating group) is 1. The molecule has 9 heteroatoms. The summed E-state index contributed by atoms with van der Waals surface area (Å²) in [5.74, 6) is -0.547. The maximum atomic E-state index is 13.7. The van der Waals surface area contributed by atoms with Gasteiger partial charge in [-0.2, -0.15) is 0 Å². The van der Waals surface area contributed by atoms with Gasteiger partial charge in [-0.05, 0) is 23.1 Å². The standard InChI is InChI=1S/C27H34N6O3/c1-27(2,3)24(26(36)32-16-21(34)14-23(32)25(35)28-4)33-17-22(30-31-33)19-11-8-12-20(13-19)29-15-18-9-6-5-7-10-18/h5-13,17,21,23-24,29,34H,14-16H2,1-4H3,(H,28,35)/t21-,23+,24-/m1/s1. The number of β-amino-alcohol motifs (C(OH)–C–C–N with tert-alkyl or cyclic N) is 1. The van der Waals surface area contributed by atoms with Gasteiger partial charge in [-0.25, -0.2) is 4.68 Å². The molecule has 3 N–H and O–H groups in total. The van der Waals surface area contributed by atoms with Crippen LogP contribution in [0.15, 0.2) is 60.8 Å². The predicted molar refractivity (Wildman–Crippen MR) is 138 cm³/mol. The molecular weight excluding hydrogens is 456 g/mol.